The normalized spacial score (nSPS) is 11.1. The van der Waals surface area contributed by atoms with Gasteiger partial charge in [0.25, 0.3) is 0 Å². The minimum Gasteiger partial charge on any atom is -0.472 e. The number of hydrogen-bond donors (Lipinski definition) is 0. The number of aromatic nitrogens is 1. The number of thiazole rings is 1. The topological polar surface area (TPSA) is 26.0 Å². The van der Waals surface area contributed by atoms with Crippen molar-refractivity contribution >= 4 is 21.6 Å². The first-order chi connectivity index (χ1) is 7.75. The molecule has 3 heteroatoms. The molecular formula is C13H11NOS. The van der Waals surface area contributed by atoms with Crippen LogP contribution in [-0.4, -0.2) is 4.98 Å². The molecule has 0 unspecified atom stereocenters. The standard InChI is InChI=1S/C13H11NOS/c1-8-3-4-9(2)12-11(8)14-13(16-12)10-5-6-15-7-10/h3-7H,1-2H3. The van der Waals surface area contributed by atoms with Crippen molar-refractivity contribution in [2.45, 2.75) is 13.8 Å². The fourth-order valence-electron chi connectivity index (χ4n) is 1.77. The van der Waals surface area contributed by atoms with E-state index in [1.807, 2.05) is 6.07 Å². The average Bonchev–Trinajstić information content (AvgIpc) is 2.90. The maximum absolute atomic E-state index is 5.09. The molecule has 3 aromatic rings. The molecule has 0 saturated heterocycles. The van der Waals surface area contributed by atoms with Crippen molar-refractivity contribution in [2.75, 3.05) is 0 Å². The van der Waals surface area contributed by atoms with Gasteiger partial charge in [-0.2, -0.15) is 0 Å². The summed E-state index contributed by atoms with van der Waals surface area (Å²) in [6, 6.07) is 6.22. The maximum atomic E-state index is 5.09. The van der Waals surface area contributed by atoms with Gasteiger partial charge in [-0.15, -0.1) is 11.3 Å². The van der Waals surface area contributed by atoms with E-state index < -0.39 is 0 Å². The number of hydrogen-bond acceptors (Lipinski definition) is 3. The van der Waals surface area contributed by atoms with Crippen LogP contribution in [0.15, 0.2) is 35.1 Å². The molecule has 2 heterocycles. The van der Waals surface area contributed by atoms with Gasteiger partial charge in [0, 0.05) is 5.56 Å². The second kappa shape index (κ2) is 3.46. The van der Waals surface area contributed by atoms with Crippen LogP contribution < -0.4 is 0 Å². The Morgan fingerprint density at radius 3 is 2.62 bits per heavy atom. The number of nitrogens with zero attached hydrogens (tertiary/aromatic N) is 1. The van der Waals surface area contributed by atoms with Crippen LogP contribution >= 0.6 is 11.3 Å². The highest BCUT2D eigenvalue weighted by atomic mass is 32.1. The van der Waals surface area contributed by atoms with Crippen molar-refractivity contribution in [2.24, 2.45) is 0 Å². The van der Waals surface area contributed by atoms with Gasteiger partial charge in [0.1, 0.15) is 11.3 Å². The highest BCUT2D eigenvalue weighted by Gasteiger charge is 2.10. The minimum absolute atomic E-state index is 1.03. The number of fused-ring (bicyclic) bond motifs is 1. The fraction of sp³-hybridized carbons (Fsp3) is 0.154. The van der Waals surface area contributed by atoms with Gasteiger partial charge in [-0.3, -0.25) is 0 Å². The quantitative estimate of drug-likeness (QED) is 0.625. The first kappa shape index (κ1) is 9.60. The molecule has 0 atom stereocenters. The fourth-order valence-corrected chi connectivity index (χ4v) is 2.87. The van der Waals surface area contributed by atoms with Crippen LogP contribution in [0.2, 0.25) is 0 Å². The van der Waals surface area contributed by atoms with Gasteiger partial charge in [0.2, 0.25) is 0 Å². The maximum Gasteiger partial charge on any atom is 0.127 e. The minimum atomic E-state index is 1.03. The van der Waals surface area contributed by atoms with Gasteiger partial charge >= 0.3 is 0 Å². The SMILES string of the molecule is Cc1ccc(C)c2sc(-c3ccoc3)nc12. The highest BCUT2D eigenvalue weighted by molar-refractivity contribution is 7.21. The summed E-state index contributed by atoms with van der Waals surface area (Å²) < 4.78 is 6.37. The molecule has 16 heavy (non-hydrogen) atoms. The van der Waals surface area contributed by atoms with Gasteiger partial charge in [-0.1, -0.05) is 12.1 Å². The van der Waals surface area contributed by atoms with E-state index >= 15 is 0 Å². The smallest absolute Gasteiger partial charge is 0.127 e. The van der Waals surface area contributed by atoms with Crippen molar-refractivity contribution in [3.05, 3.63) is 41.9 Å². The van der Waals surface area contributed by atoms with E-state index in [1.165, 1.54) is 15.8 Å². The summed E-state index contributed by atoms with van der Waals surface area (Å²) in [4.78, 5) is 4.67. The first-order valence-corrected chi connectivity index (χ1v) is 5.96. The zero-order chi connectivity index (χ0) is 11.1. The second-order valence-electron chi connectivity index (χ2n) is 3.91. The van der Waals surface area contributed by atoms with Crippen LogP contribution in [0.5, 0.6) is 0 Å². The van der Waals surface area contributed by atoms with Crippen LogP contribution in [0.3, 0.4) is 0 Å². The van der Waals surface area contributed by atoms with E-state index in [2.05, 4.69) is 31.0 Å². The van der Waals surface area contributed by atoms with Crippen LogP contribution in [0.1, 0.15) is 11.1 Å². The lowest BCUT2D eigenvalue weighted by molar-refractivity contribution is 0.568. The van der Waals surface area contributed by atoms with Crippen LogP contribution in [0, 0.1) is 13.8 Å². The third-order valence-electron chi connectivity index (χ3n) is 2.71. The molecule has 80 valence electrons. The van der Waals surface area contributed by atoms with Crippen LogP contribution in [-0.2, 0) is 0 Å². The van der Waals surface area contributed by atoms with E-state index in [0.717, 1.165) is 16.1 Å². The molecule has 1 aromatic carbocycles. The van der Waals surface area contributed by atoms with Crippen molar-refractivity contribution in [3.63, 3.8) is 0 Å². The lowest BCUT2D eigenvalue weighted by Crippen LogP contribution is -1.78. The molecule has 0 saturated carbocycles. The predicted molar refractivity (Wildman–Crippen MR) is 66.8 cm³/mol. The van der Waals surface area contributed by atoms with E-state index in [4.69, 9.17) is 4.42 Å². The highest BCUT2D eigenvalue weighted by Crippen LogP contribution is 2.33. The van der Waals surface area contributed by atoms with E-state index in [1.54, 1.807) is 23.9 Å². The van der Waals surface area contributed by atoms with Crippen molar-refractivity contribution < 1.29 is 4.42 Å². The Bertz CT molecular complexity index is 598. The molecule has 0 radical (unpaired) electrons. The number of furan rings is 1. The van der Waals surface area contributed by atoms with E-state index in [-0.39, 0.29) is 0 Å². The largest absolute Gasteiger partial charge is 0.472 e. The van der Waals surface area contributed by atoms with E-state index in [0.29, 0.717) is 0 Å². The molecule has 0 N–H and O–H groups in total. The lowest BCUT2D eigenvalue weighted by Gasteiger charge is -1.96. The molecule has 3 rings (SSSR count). The Morgan fingerprint density at radius 1 is 1.12 bits per heavy atom. The Morgan fingerprint density at radius 2 is 1.94 bits per heavy atom. The molecule has 0 bridgehead atoms. The number of benzene rings is 1. The third kappa shape index (κ3) is 1.36. The average molecular weight is 229 g/mol. The summed E-state index contributed by atoms with van der Waals surface area (Å²) in [5.41, 5.74) is 4.68. The number of rotatable bonds is 1. The van der Waals surface area contributed by atoms with Gasteiger partial charge in [-0.25, -0.2) is 4.98 Å². The van der Waals surface area contributed by atoms with E-state index in [9.17, 15) is 0 Å². The molecule has 0 spiro atoms. The van der Waals surface area contributed by atoms with Crippen molar-refractivity contribution in [3.8, 4) is 10.6 Å². The Kier molecular flexibility index (Phi) is 2.07. The third-order valence-corrected chi connectivity index (χ3v) is 3.95. The van der Waals surface area contributed by atoms with Crippen molar-refractivity contribution in [1.82, 2.24) is 4.98 Å². The summed E-state index contributed by atoms with van der Waals surface area (Å²) in [6.07, 6.45) is 3.42. The molecule has 0 aliphatic rings. The van der Waals surface area contributed by atoms with Gasteiger partial charge in [-0.05, 0) is 31.0 Å². The summed E-state index contributed by atoms with van der Waals surface area (Å²) in [5.74, 6) is 0. The monoisotopic (exact) mass is 229 g/mol. The van der Waals surface area contributed by atoms with Crippen LogP contribution in [0.4, 0.5) is 0 Å². The Hall–Kier alpha value is -1.61. The molecule has 2 nitrogen and oxygen atoms in total. The zero-order valence-electron chi connectivity index (χ0n) is 9.15. The summed E-state index contributed by atoms with van der Waals surface area (Å²) in [7, 11) is 0. The van der Waals surface area contributed by atoms with Gasteiger partial charge in [0.05, 0.1) is 16.5 Å². The zero-order valence-corrected chi connectivity index (χ0v) is 9.97. The molecule has 2 aromatic heterocycles. The molecule has 0 aliphatic heterocycles. The molecule has 0 amide bonds. The van der Waals surface area contributed by atoms with Crippen LogP contribution in [0.25, 0.3) is 20.8 Å². The molecule has 0 fully saturated rings. The summed E-state index contributed by atoms with van der Waals surface area (Å²) in [6.45, 7) is 4.22. The Labute approximate surface area is 97.6 Å². The summed E-state index contributed by atoms with van der Waals surface area (Å²) >= 11 is 1.72. The van der Waals surface area contributed by atoms with Crippen molar-refractivity contribution in [1.29, 1.82) is 0 Å². The number of aryl methyl sites for hydroxylation is 2. The summed E-state index contributed by atoms with van der Waals surface area (Å²) in [5, 5.41) is 1.03. The first-order valence-electron chi connectivity index (χ1n) is 5.15. The lowest BCUT2D eigenvalue weighted by atomic mass is 10.1. The molecule has 0 aliphatic carbocycles. The van der Waals surface area contributed by atoms with Gasteiger partial charge < -0.3 is 4.42 Å². The van der Waals surface area contributed by atoms with Gasteiger partial charge in [0.15, 0.2) is 0 Å². The predicted octanol–water partition coefficient (Wildman–Crippen LogP) is 4.17. The Balaban J connectivity index is 2.31. The second-order valence-corrected chi connectivity index (χ2v) is 4.91. The molecular weight excluding hydrogens is 218 g/mol.